The van der Waals surface area contributed by atoms with Gasteiger partial charge < -0.3 is 10.1 Å². The molecule has 2 rings (SSSR count). The van der Waals surface area contributed by atoms with Gasteiger partial charge in [0.15, 0.2) is 0 Å². The van der Waals surface area contributed by atoms with E-state index in [4.69, 9.17) is 4.74 Å². The van der Waals surface area contributed by atoms with Crippen molar-refractivity contribution in [1.82, 2.24) is 4.72 Å². The number of rotatable bonds is 6. The van der Waals surface area contributed by atoms with Gasteiger partial charge in [-0.2, -0.15) is 4.72 Å². The molecule has 2 N–H and O–H groups in total. The van der Waals surface area contributed by atoms with Crippen LogP contribution in [0.3, 0.4) is 0 Å². The molecule has 2 aromatic rings. The topological polar surface area (TPSA) is 84.5 Å². The summed E-state index contributed by atoms with van der Waals surface area (Å²) in [5, 5.41) is 2.65. The largest absolute Gasteiger partial charge is 0.497 e. The fourth-order valence-corrected chi connectivity index (χ4v) is 3.39. The molecule has 24 heavy (non-hydrogen) atoms. The van der Waals surface area contributed by atoms with Crippen molar-refractivity contribution in [3.05, 3.63) is 53.0 Å². The molecule has 0 aliphatic rings. The summed E-state index contributed by atoms with van der Waals surface area (Å²) in [6.45, 7) is 1.48. The molecule has 8 heteroatoms. The highest BCUT2D eigenvalue weighted by Gasteiger charge is 2.22. The lowest BCUT2D eigenvalue weighted by Crippen LogP contribution is -2.41. The average Bonchev–Trinajstić information content (AvgIpc) is 2.55. The Kier molecular flexibility index (Phi) is 5.98. The number of nitrogens with one attached hydrogen (secondary N) is 2. The Morgan fingerprint density at radius 1 is 1.17 bits per heavy atom. The van der Waals surface area contributed by atoms with Crippen LogP contribution in [0.5, 0.6) is 5.75 Å². The monoisotopic (exact) mass is 412 g/mol. The van der Waals surface area contributed by atoms with Gasteiger partial charge in [0, 0.05) is 16.2 Å². The van der Waals surface area contributed by atoms with E-state index in [2.05, 4.69) is 26.0 Å². The van der Waals surface area contributed by atoms with Gasteiger partial charge in [-0.05, 0) is 43.3 Å². The smallest absolute Gasteiger partial charge is 0.242 e. The second kappa shape index (κ2) is 7.78. The third-order valence-electron chi connectivity index (χ3n) is 3.19. The number of hydrogen-bond donors (Lipinski definition) is 2. The molecule has 128 valence electrons. The molecule has 0 aromatic heterocycles. The number of methoxy groups -OCH3 is 1. The summed E-state index contributed by atoms with van der Waals surface area (Å²) < 4.78 is 32.8. The van der Waals surface area contributed by atoms with Crippen LogP contribution in [0, 0.1) is 0 Å². The van der Waals surface area contributed by atoms with Gasteiger partial charge >= 0.3 is 0 Å². The number of amides is 1. The molecule has 1 amide bonds. The number of ether oxygens (including phenoxy) is 1. The van der Waals surface area contributed by atoms with Crippen LogP contribution in [0.2, 0.25) is 0 Å². The summed E-state index contributed by atoms with van der Waals surface area (Å²) in [5.41, 5.74) is 0.522. The SMILES string of the molecule is COc1cccc(NC(=O)[C@H](C)NS(=O)(=O)c2ccc(Br)cc2)c1. The third-order valence-corrected chi connectivity index (χ3v) is 5.27. The number of anilines is 1. The zero-order chi connectivity index (χ0) is 17.7. The van der Waals surface area contributed by atoms with Crippen LogP contribution >= 0.6 is 15.9 Å². The Morgan fingerprint density at radius 2 is 1.83 bits per heavy atom. The first-order valence-corrected chi connectivity index (χ1v) is 9.32. The lowest BCUT2D eigenvalue weighted by atomic mass is 10.2. The molecule has 0 heterocycles. The summed E-state index contributed by atoms with van der Waals surface area (Å²) in [6.07, 6.45) is 0. The Morgan fingerprint density at radius 3 is 2.46 bits per heavy atom. The first-order valence-electron chi connectivity index (χ1n) is 7.04. The zero-order valence-electron chi connectivity index (χ0n) is 13.1. The van der Waals surface area contributed by atoms with E-state index in [1.807, 2.05) is 0 Å². The van der Waals surface area contributed by atoms with Gasteiger partial charge in [-0.25, -0.2) is 8.42 Å². The van der Waals surface area contributed by atoms with Crippen LogP contribution in [-0.2, 0) is 14.8 Å². The van der Waals surface area contributed by atoms with Crippen molar-refractivity contribution >= 4 is 37.5 Å². The minimum atomic E-state index is -3.78. The normalized spacial score (nSPS) is 12.5. The lowest BCUT2D eigenvalue weighted by Gasteiger charge is -2.15. The highest BCUT2D eigenvalue weighted by molar-refractivity contribution is 9.10. The van der Waals surface area contributed by atoms with Crippen molar-refractivity contribution in [2.24, 2.45) is 0 Å². The van der Waals surface area contributed by atoms with Crippen LogP contribution in [0.4, 0.5) is 5.69 Å². The second-order valence-corrected chi connectivity index (χ2v) is 7.65. The predicted octanol–water partition coefficient (Wildman–Crippen LogP) is 2.76. The molecule has 0 bridgehead atoms. The lowest BCUT2D eigenvalue weighted by molar-refractivity contribution is -0.117. The highest BCUT2D eigenvalue weighted by Crippen LogP contribution is 2.17. The van der Waals surface area contributed by atoms with Gasteiger partial charge in [0.1, 0.15) is 5.75 Å². The van der Waals surface area contributed by atoms with Crippen molar-refractivity contribution in [3.8, 4) is 5.75 Å². The average molecular weight is 413 g/mol. The van der Waals surface area contributed by atoms with Crippen molar-refractivity contribution in [1.29, 1.82) is 0 Å². The van der Waals surface area contributed by atoms with Gasteiger partial charge in [0.05, 0.1) is 18.0 Å². The minimum absolute atomic E-state index is 0.0896. The summed E-state index contributed by atoms with van der Waals surface area (Å²) in [4.78, 5) is 12.3. The zero-order valence-corrected chi connectivity index (χ0v) is 15.5. The molecule has 6 nitrogen and oxygen atoms in total. The summed E-state index contributed by atoms with van der Waals surface area (Å²) in [5.74, 6) is 0.125. The van der Waals surface area contributed by atoms with Crippen molar-refractivity contribution in [3.63, 3.8) is 0 Å². The number of sulfonamides is 1. The van der Waals surface area contributed by atoms with Crippen molar-refractivity contribution < 1.29 is 17.9 Å². The molecular weight excluding hydrogens is 396 g/mol. The van der Waals surface area contributed by atoms with E-state index in [1.165, 1.54) is 26.2 Å². The maximum Gasteiger partial charge on any atom is 0.242 e. The molecule has 0 saturated carbocycles. The molecule has 0 unspecified atom stereocenters. The summed E-state index contributed by atoms with van der Waals surface area (Å²) in [7, 11) is -2.26. The quantitative estimate of drug-likeness (QED) is 0.763. The van der Waals surface area contributed by atoms with Crippen molar-refractivity contribution in [2.75, 3.05) is 12.4 Å². The third kappa shape index (κ3) is 4.80. The van der Waals surface area contributed by atoms with Crippen molar-refractivity contribution in [2.45, 2.75) is 17.9 Å². The number of carbonyl (C=O) groups excluding carboxylic acids is 1. The second-order valence-electron chi connectivity index (χ2n) is 5.02. The van der Waals surface area contributed by atoms with Crippen LogP contribution < -0.4 is 14.8 Å². The molecule has 0 fully saturated rings. The van der Waals surface area contributed by atoms with E-state index >= 15 is 0 Å². The van der Waals surface area contributed by atoms with E-state index in [0.717, 1.165) is 4.47 Å². The van der Waals surface area contributed by atoms with E-state index in [0.29, 0.717) is 11.4 Å². The van der Waals surface area contributed by atoms with Gasteiger partial charge in [0.25, 0.3) is 0 Å². The fraction of sp³-hybridized carbons (Fsp3) is 0.188. The summed E-state index contributed by atoms with van der Waals surface area (Å²) >= 11 is 3.25. The maximum atomic E-state index is 12.3. The van der Waals surface area contributed by atoms with Crippen LogP contribution in [0.1, 0.15) is 6.92 Å². The van der Waals surface area contributed by atoms with Gasteiger partial charge in [-0.3, -0.25) is 4.79 Å². The first-order chi connectivity index (χ1) is 11.3. The van der Waals surface area contributed by atoms with Crippen LogP contribution in [0.25, 0.3) is 0 Å². The first kappa shape index (κ1) is 18.4. The Hall–Kier alpha value is -1.90. The fourth-order valence-electron chi connectivity index (χ4n) is 1.92. The highest BCUT2D eigenvalue weighted by atomic mass is 79.9. The Balaban J connectivity index is 2.06. The van der Waals surface area contributed by atoms with E-state index in [9.17, 15) is 13.2 Å². The van der Waals surface area contributed by atoms with Gasteiger partial charge in [0.2, 0.25) is 15.9 Å². The number of carbonyl (C=O) groups is 1. The molecule has 0 aliphatic heterocycles. The van der Waals surface area contributed by atoms with E-state index < -0.39 is 22.0 Å². The standard InChI is InChI=1S/C16H17BrN2O4S/c1-11(16(20)18-13-4-3-5-14(10-13)23-2)19-24(21,22)15-8-6-12(17)7-9-15/h3-11,19H,1-2H3,(H,18,20)/t11-/m0/s1. The molecule has 0 radical (unpaired) electrons. The molecule has 0 spiro atoms. The van der Waals surface area contributed by atoms with Gasteiger partial charge in [-0.15, -0.1) is 0 Å². The Bertz CT molecular complexity index is 822. The van der Waals surface area contributed by atoms with E-state index in [1.54, 1.807) is 36.4 Å². The molecule has 1 atom stereocenters. The van der Waals surface area contributed by atoms with Crippen LogP contribution in [-0.4, -0.2) is 27.5 Å². The number of hydrogen-bond acceptors (Lipinski definition) is 4. The van der Waals surface area contributed by atoms with E-state index in [-0.39, 0.29) is 4.90 Å². The predicted molar refractivity (Wildman–Crippen MR) is 95.5 cm³/mol. The molecule has 2 aromatic carbocycles. The minimum Gasteiger partial charge on any atom is -0.497 e. The number of halogens is 1. The Labute approximate surface area is 149 Å². The maximum absolute atomic E-state index is 12.3. The molecule has 0 aliphatic carbocycles. The van der Waals surface area contributed by atoms with Crippen LogP contribution in [0.15, 0.2) is 57.9 Å². The molecular formula is C16H17BrN2O4S. The number of benzene rings is 2. The van der Waals surface area contributed by atoms with Gasteiger partial charge in [-0.1, -0.05) is 22.0 Å². The molecule has 0 saturated heterocycles. The summed E-state index contributed by atoms with van der Waals surface area (Å²) in [6, 6.07) is 12.0.